The van der Waals surface area contributed by atoms with Crippen LogP contribution in [0.4, 0.5) is 0 Å². The maximum Gasteiger partial charge on any atom is 0.103 e. The molecular formula is C6H12O3S. The van der Waals surface area contributed by atoms with Gasteiger partial charge in [-0.05, 0) is 0 Å². The van der Waals surface area contributed by atoms with Crippen molar-refractivity contribution in [1.29, 1.82) is 0 Å². The third-order valence-electron chi connectivity index (χ3n) is 1.56. The van der Waals surface area contributed by atoms with Crippen LogP contribution in [0, 0.1) is 0 Å². The van der Waals surface area contributed by atoms with Crippen LogP contribution in [0.2, 0.25) is 0 Å². The first-order valence-corrected chi connectivity index (χ1v) is 3.86. The number of hydrogen-bond donors (Lipinski definition) is 3. The summed E-state index contributed by atoms with van der Waals surface area (Å²) in [5, 5.41) is 17.8. The lowest BCUT2D eigenvalue weighted by atomic mass is 10.1. The molecule has 0 aromatic rings. The fourth-order valence-corrected chi connectivity index (χ4v) is 1.50. The van der Waals surface area contributed by atoms with Crippen LogP contribution < -0.4 is 0 Å². The maximum absolute atomic E-state index is 9.14. The van der Waals surface area contributed by atoms with E-state index in [1.165, 1.54) is 0 Å². The second-order valence-electron chi connectivity index (χ2n) is 2.52. The Morgan fingerprint density at radius 2 is 2.20 bits per heavy atom. The summed E-state index contributed by atoms with van der Waals surface area (Å²) in [7, 11) is 0. The first-order chi connectivity index (χ1) is 4.72. The van der Waals surface area contributed by atoms with E-state index in [-0.39, 0.29) is 24.3 Å². The van der Waals surface area contributed by atoms with Gasteiger partial charge in [0, 0.05) is 12.8 Å². The van der Waals surface area contributed by atoms with Gasteiger partial charge in [0.2, 0.25) is 0 Å². The fourth-order valence-electron chi connectivity index (χ4n) is 1.08. The van der Waals surface area contributed by atoms with E-state index < -0.39 is 0 Å². The number of ether oxygens (including phenoxy) is 1. The van der Waals surface area contributed by atoms with E-state index in [0.29, 0.717) is 12.8 Å². The topological polar surface area (TPSA) is 49.7 Å². The predicted octanol–water partition coefficient (Wildman–Crippen LogP) is -0.225. The van der Waals surface area contributed by atoms with E-state index in [4.69, 9.17) is 14.9 Å². The Kier molecular flexibility index (Phi) is 2.97. The van der Waals surface area contributed by atoms with Crippen molar-refractivity contribution in [3.05, 3.63) is 0 Å². The van der Waals surface area contributed by atoms with Crippen LogP contribution in [0.5, 0.6) is 0 Å². The molecular weight excluding hydrogens is 152 g/mol. The summed E-state index contributed by atoms with van der Waals surface area (Å²) < 4.78 is 5.16. The fraction of sp³-hybridized carbons (Fsp3) is 1.00. The summed E-state index contributed by atoms with van der Waals surface area (Å²) in [6.07, 6.45) is 0.479. The summed E-state index contributed by atoms with van der Waals surface area (Å²) in [6, 6.07) is 0. The Labute approximate surface area is 65.4 Å². The van der Waals surface area contributed by atoms with Crippen LogP contribution >= 0.6 is 12.6 Å². The van der Waals surface area contributed by atoms with Crippen molar-refractivity contribution >= 4 is 12.6 Å². The molecule has 3 nitrogen and oxygen atoms in total. The zero-order valence-electron chi connectivity index (χ0n) is 5.60. The minimum atomic E-state index is -0.367. The molecule has 1 unspecified atom stereocenters. The molecule has 2 N–H and O–H groups in total. The third kappa shape index (κ3) is 2.12. The van der Waals surface area contributed by atoms with E-state index in [1.807, 2.05) is 0 Å². The minimum absolute atomic E-state index is 0.0336. The molecule has 0 aromatic carbocycles. The largest absolute Gasteiger partial charge is 0.394 e. The first-order valence-electron chi connectivity index (χ1n) is 3.35. The van der Waals surface area contributed by atoms with Gasteiger partial charge < -0.3 is 14.9 Å². The molecule has 60 valence electrons. The van der Waals surface area contributed by atoms with Crippen LogP contribution in [-0.2, 0) is 4.74 Å². The van der Waals surface area contributed by atoms with Gasteiger partial charge in [0.1, 0.15) is 5.44 Å². The quantitative estimate of drug-likeness (QED) is 0.469. The van der Waals surface area contributed by atoms with Gasteiger partial charge in [0.25, 0.3) is 0 Å². The molecule has 0 aromatic heterocycles. The molecule has 0 radical (unpaired) electrons. The van der Waals surface area contributed by atoms with Gasteiger partial charge >= 0.3 is 0 Å². The van der Waals surface area contributed by atoms with E-state index in [0.717, 1.165) is 0 Å². The van der Waals surface area contributed by atoms with Crippen molar-refractivity contribution < 1.29 is 14.9 Å². The highest BCUT2D eigenvalue weighted by Gasteiger charge is 2.25. The molecule has 1 rings (SSSR count). The highest BCUT2D eigenvalue weighted by atomic mass is 32.1. The molecule has 1 saturated heterocycles. The highest BCUT2D eigenvalue weighted by Crippen LogP contribution is 2.20. The highest BCUT2D eigenvalue weighted by molar-refractivity contribution is 7.80. The van der Waals surface area contributed by atoms with Crippen molar-refractivity contribution in [3.8, 4) is 0 Å². The van der Waals surface area contributed by atoms with Crippen LogP contribution in [-0.4, -0.2) is 34.5 Å². The van der Waals surface area contributed by atoms with E-state index in [1.54, 1.807) is 0 Å². The molecule has 0 bridgehead atoms. The lowest BCUT2D eigenvalue weighted by molar-refractivity contribution is -0.0775. The van der Waals surface area contributed by atoms with Crippen LogP contribution in [0.15, 0.2) is 0 Å². The predicted molar refractivity (Wildman–Crippen MR) is 40.0 cm³/mol. The normalized spacial score (nSPS) is 41.7. The van der Waals surface area contributed by atoms with Gasteiger partial charge in [0.15, 0.2) is 0 Å². The number of aliphatic hydroxyl groups excluding tert-OH is 2. The number of aliphatic hydroxyl groups is 2. The van der Waals surface area contributed by atoms with Crippen molar-refractivity contribution in [1.82, 2.24) is 0 Å². The molecule has 1 fully saturated rings. The van der Waals surface area contributed by atoms with Gasteiger partial charge in [-0.25, -0.2) is 0 Å². The van der Waals surface area contributed by atoms with Gasteiger partial charge in [-0.1, -0.05) is 0 Å². The zero-order chi connectivity index (χ0) is 7.56. The molecule has 1 aliphatic heterocycles. The molecule has 3 atom stereocenters. The van der Waals surface area contributed by atoms with Crippen molar-refractivity contribution in [2.45, 2.75) is 30.5 Å². The van der Waals surface area contributed by atoms with Crippen LogP contribution in [0.3, 0.4) is 0 Å². The maximum atomic E-state index is 9.14. The summed E-state index contributed by atoms with van der Waals surface area (Å²) >= 11 is 4.04. The van der Waals surface area contributed by atoms with E-state index in [2.05, 4.69) is 12.6 Å². The lowest BCUT2D eigenvalue weighted by Crippen LogP contribution is -2.34. The Morgan fingerprint density at radius 3 is 2.70 bits per heavy atom. The standard InChI is InChI=1S/C6H12O3S/c7-3-5-1-4(8)2-6(10)9-5/h4-8,10H,1-3H2/t4-,5-,6?/m0/s1. The van der Waals surface area contributed by atoms with Crippen LogP contribution in [0.25, 0.3) is 0 Å². The Morgan fingerprint density at radius 1 is 1.50 bits per heavy atom. The lowest BCUT2D eigenvalue weighted by Gasteiger charge is -2.29. The summed E-state index contributed by atoms with van der Waals surface area (Å²) in [4.78, 5) is 0. The number of thiol groups is 1. The summed E-state index contributed by atoms with van der Waals surface area (Å²) in [5.41, 5.74) is -0.221. The summed E-state index contributed by atoms with van der Waals surface area (Å²) in [5.74, 6) is 0. The van der Waals surface area contributed by atoms with Crippen molar-refractivity contribution in [2.24, 2.45) is 0 Å². The first kappa shape index (κ1) is 8.33. The Balaban J connectivity index is 2.35. The van der Waals surface area contributed by atoms with Gasteiger partial charge in [0.05, 0.1) is 18.8 Å². The average Bonchev–Trinajstić information content (AvgIpc) is 1.85. The molecule has 4 heteroatoms. The number of rotatable bonds is 1. The number of hydrogen-bond acceptors (Lipinski definition) is 4. The molecule has 10 heavy (non-hydrogen) atoms. The second kappa shape index (κ2) is 3.57. The van der Waals surface area contributed by atoms with Gasteiger partial charge in [-0.3, -0.25) is 0 Å². The smallest absolute Gasteiger partial charge is 0.103 e. The Bertz CT molecular complexity index is 99.2. The Hall–Kier alpha value is 0.230. The molecule has 1 heterocycles. The molecule has 0 aliphatic carbocycles. The molecule has 0 spiro atoms. The monoisotopic (exact) mass is 164 g/mol. The van der Waals surface area contributed by atoms with Gasteiger partial charge in [-0.15, -0.1) is 12.6 Å². The minimum Gasteiger partial charge on any atom is -0.394 e. The summed E-state index contributed by atoms with van der Waals surface area (Å²) in [6.45, 7) is -0.0336. The second-order valence-corrected chi connectivity index (χ2v) is 3.10. The SMILES string of the molecule is OC[C@@H]1C[C@H](O)CC(S)O1. The van der Waals surface area contributed by atoms with Crippen molar-refractivity contribution in [3.63, 3.8) is 0 Å². The van der Waals surface area contributed by atoms with Crippen molar-refractivity contribution in [2.75, 3.05) is 6.61 Å². The zero-order valence-corrected chi connectivity index (χ0v) is 6.50. The van der Waals surface area contributed by atoms with Crippen LogP contribution in [0.1, 0.15) is 12.8 Å². The van der Waals surface area contributed by atoms with Gasteiger partial charge in [-0.2, -0.15) is 0 Å². The van der Waals surface area contributed by atoms with E-state index >= 15 is 0 Å². The molecule has 0 amide bonds. The molecule has 1 aliphatic rings. The van der Waals surface area contributed by atoms with E-state index in [9.17, 15) is 0 Å². The average molecular weight is 164 g/mol. The third-order valence-corrected chi connectivity index (χ3v) is 1.89. The molecule has 0 saturated carbocycles.